The molecule has 4 heteroatoms. The number of aryl methyl sites for hydroxylation is 1. The van der Waals surface area contributed by atoms with Crippen molar-refractivity contribution in [3.8, 4) is 16.5 Å². The van der Waals surface area contributed by atoms with E-state index in [0.717, 1.165) is 15.4 Å². The number of ketones is 1. The molecule has 0 radical (unpaired) electrons. The second kappa shape index (κ2) is 4.06. The molecule has 2 aromatic rings. The van der Waals surface area contributed by atoms with E-state index in [1.54, 1.807) is 12.1 Å². The third kappa shape index (κ3) is 1.97. The molecule has 3 nitrogen and oxygen atoms in total. The van der Waals surface area contributed by atoms with E-state index in [4.69, 9.17) is 0 Å². The number of nitrogens with zero attached hydrogens (tertiary/aromatic N) is 1. The van der Waals surface area contributed by atoms with Crippen molar-refractivity contribution in [3.63, 3.8) is 0 Å². The molecule has 0 amide bonds. The number of hydrogen-bond acceptors (Lipinski definition) is 4. The van der Waals surface area contributed by atoms with E-state index in [2.05, 4.69) is 4.98 Å². The van der Waals surface area contributed by atoms with Crippen LogP contribution in [0, 0.1) is 6.92 Å². The molecule has 0 fully saturated rings. The van der Waals surface area contributed by atoms with Crippen molar-refractivity contribution in [2.24, 2.45) is 0 Å². The van der Waals surface area contributed by atoms with Crippen LogP contribution in [0.3, 0.4) is 0 Å². The number of aromatic nitrogens is 1. The van der Waals surface area contributed by atoms with E-state index in [9.17, 15) is 9.90 Å². The van der Waals surface area contributed by atoms with Gasteiger partial charge in [-0.15, -0.1) is 11.3 Å². The molecule has 1 aromatic heterocycles. The fraction of sp³-hybridized carbons (Fsp3) is 0.167. The smallest absolute Gasteiger partial charge is 0.225 e. The number of aromatic hydroxyl groups is 1. The maximum absolute atomic E-state index is 11.1. The number of hydrogen-bond donors (Lipinski definition) is 1. The van der Waals surface area contributed by atoms with Crippen LogP contribution in [-0.2, 0) is 0 Å². The average Bonchev–Trinajstić information content (AvgIpc) is 2.59. The Hall–Kier alpha value is -1.68. The lowest BCUT2D eigenvalue weighted by molar-refractivity contribution is 0.101. The molecule has 0 aliphatic rings. The Kier molecular flexibility index (Phi) is 2.75. The largest absolute Gasteiger partial charge is 0.492 e. The summed E-state index contributed by atoms with van der Waals surface area (Å²) in [7, 11) is 0. The third-order valence-corrected chi connectivity index (χ3v) is 3.32. The highest BCUT2D eigenvalue weighted by atomic mass is 32.1. The number of benzene rings is 1. The SMILES string of the molecule is CC(=O)c1ccc(-c2nc(O)c(C)s2)cc1. The Balaban J connectivity index is 2.38. The predicted octanol–water partition coefficient (Wildman–Crippen LogP) is 3.03. The Morgan fingerprint density at radius 1 is 1.31 bits per heavy atom. The molecule has 0 bridgehead atoms. The molecule has 0 spiro atoms. The van der Waals surface area contributed by atoms with Gasteiger partial charge in [-0.05, 0) is 13.8 Å². The topological polar surface area (TPSA) is 50.2 Å². The van der Waals surface area contributed by atoms with E-state index in [-0.39, 0.29) is 11.7 Å². The van der Waals surface area contributed by atoms with Crippen LogP contribution in [0.15, 0.2) is 24.3 Å². The molecule has 1 N–H and O–H groups in total. The summed E-state index contributed by atoms with van der Waals surface area (Å²) in [6.45, 7) is 3.36. The van der Waals surface area contributed by atoms with Crippen LogP contribution in [0.1, 0.15) is 22.2 Å². The van der Waals surface area contributed by atoms with E-state index in [1.165, 1.54) is 18.3 Å². The Labute approximate surface area is 97.4 Å². The van der Waals surface area contributed by atoms with E-state index in [1.807, 2.05) is 19.1 Å². The molecule has 0 saturated carbocycles. The summed E-state index contributed by atoms with van der Waals surface area (Å²) >= 11 is 1.44. The van der Waals surface area contributed by atoms with Gasteiger partial charge in [-0.25, -0.2) is 4.98 Å². The van der Waals surface area contributed by atoms with Crippen LogP contribution in [0.2, 0.25) is 0 Å². The molecular formula is C12H11NO2S. The van der Waals surface area contributed by atoms with Gasteiger partial charge in [-0.2, -0.15) is 0 Å². The Morgan fingerprint density at radius 2 is 1.94 bits per heavy atom. The van der Waals surface area contributed by atoms with Crippen LogP contribution in [0.25, 0.3) is 10.6 Å². The fourth-order valence-electron chi connectivity index (χ4n) is 1.36. The van der Waals surface area contributed by atoms with Gasteiger partial charge in [0.25, 0.3) is 0 Å². The zero-order chi connectivity index (χ0) is 11.7. The quantitative estimate of drug-likeness (QED) is 0.811. The second-order valence-electron chi connectivity index (χ2n) is 3.53. The predicted molar refractivity (Wildman–Crippen MR) is 64.0 cm³/mol. The zero-order valence-electron chi connectivity index (χ0n) is 9.02. The number of rotatable bonds is 2. The minimum Gasteiger partial charge on any atom is -0.492 e. The standard InChI is InChI=1S/C12H11NO2S/c1-7(14)9-3-5-10(6-4-9)12-13-11(15)8(2)16-12/h3-6,15H,1-2H3. The van der Waals surface area contributed by atoms with Gasteiger partial charge >= 0.3 is 0 Å². The van der Waals surface area contributed by atoms with Crippen LogP contribution in [0.4, 0.5) is 0 Å². The maximum atomic E-state index is 11.1. The first kappa shape index (κ1) is 10.8. The summed E-state index contributed by atoms with van der Waals surface area (Å²) < 4.78 is 0. The maximum Gasteiger partial charge on any atom is 0.225 e. The molecule has 0 saturated heterocycles. The molecule has 0 aliphatic heterocycles. The van der Waals surface area contributed by atoms with Gasteiger partial charge in [-0.1, -0.05) is 24.3 Å². The van der Waals surface area contributed by atoms with Crippen molar-refractivity contribution in [1.82, 2.24) is 4.98 Å². The lowest BCUT2D eigenvalue weighted by atomic mass is 10.1. The van der Waals surface area contributed by atoms with Crippen LogP contribution >= 0.6 is 11.3 Å². The lowest BCUT2D eigenvalue weighted by Gasteiger charge is -1.97. The van der Waals surface area contributed by atoms with Gasteiger partial charge in [0.05, 0.1) is 4.88 Å². The summed E-state index contributed by atoms with van der Waals surface area (Å²) in [6, 6.07) is 7.22. The van der Waals surface area contributed by atoms with Crippen LogP contribution in [0.5, 0.6) is 5.88 Å². The average molecular weight is 233 g/mol. The Morgan fingerprint density at radius 3 is 2.38 bits per heavy atom. The first-order chi connectivity index (χ1) is 7.58. The number of carbonyl (C=O) groups is 1. The molecule has 16 heavy (non-hydrogen) atoms. The minimum absolute atomic E-state index is 0.0460. The van der Waals surface area contributed by atoms with E-state index >= 15 is 0 Å². The summed E-state index contributed by atoms with van der Waals surface area (Å²) in [5, 5.41) is 10.2. The zero-order valence-corrected chi connectivity index (χ0v) is 9.84. The highest BCUT2D eigenvalue weighted by Crippen LogP contribution is 2.30. The van der Waals surface area contributed by atoms with Crippen LogP contribution in [-0.4, -0.2) is 15.9 Å². The summed E-state index contributed by atoms with van der Waals surface area (Å²) in [5.41, 5.74) is 1.60. The monoisotopic (exact) mass is 233 g/mol. The highest BCUT2D eigenvalue weighted by molar-refractivity contribution is 7.15. The van der Waals surface area contributed by atoms with Gasteiger partial charge in [-0.3, -0.25) is 4.79 Å². The summed E-state index contributed by atoms with van der Waals surface area (Å²) in [5.74, 6) is 0.125. The first-order valence-corrected chi connectivity index (χ1v) is 5.67. The normalized spacial score (nSPS) is 10.4. The second-order valence-corrected chi connectivity index (χ2v) is 4.74. The molecule has 2 rings (SSSR count). The van der Waals surface area contributed by atoms with Crippen molar-refractivity contribution in [3.05, 3.63) is 34.7 Å². The van der Waals surface area contributed by atoms with Gasteiger partial charge in [0.1, 0.15) is 5.01 Å². The third-order valence-electron chi connectivity index (χ3n) is 2.31. The molecule has 0 atom stereocenters. The first-order valence-electron chi connectivity index (χ1n) is 4.85. The van der Waals surface area contributed by atoms with Crippen molar-refractivity contribution in [1.29, 1.82) is 0 Å². The van der Waals surface area contributed by atoms with Gasteiger partial charge in [0.15, 0.2) is 5.78 Å². The molecule has 1 aromatic carbocycles. The molecular weight excluding hydrogens is 222 g/mol. The summed E-state index contributed by atoms with van der Waals surface area (Å²) in [6.07, 6.45) is 0. The number of Topliss-reactive ketones (excluding diaryl/α,β-unsaturated/α-hetero) is 1. The number of carbonyl (C=O) groups excluding carboxylic acids is 1. The van der Waals surface area contributed by atoms with Gasteiger partial charge in [0, 0.05) is 11.1 Å². The van der Waals surface area contributed by atoms with Crippen molar-refractivity contribution in [2.45, 2.75) is 13.8 Å². The molecule has 82 valence electrons. The minimum atomic E-state index is 0.0460. The van der Waals surface area contributed by atoms with Crippen molar-refractivity contribution >= 4 is 17.1 Å². The highest BCUT2D eigenvalue weighted by Gasteiger charge is 2.08. The fourth-order valence-corrected chi connectivity index (χ4v) is 2.17. The molecule has 0 unspecified atom stereocenters. The van der Waals surface area contributed by atoms with Gasteiger partial charge in [0.2, 0.25) is 5.88 Å². The summed E-state index contributed by atoms with van der Waals surface area (Å²) in [4.78, 5) is 15.9. The van der Waals surface area contributed by atoms with E-state index in [0.29, 0.717) is 5.56 Å². The van der Waals surface area contributed by atoms with Gasteiger partial charge < -0.3 is 5.11 Å². The number of thiazole rings is 1. The Bertz CT molecular complexity index is 509. The molecule has 1 heterocycles. The van der Waals surface area contributed by atoms with Crippen molar-refractivity contribution < 1.29 is 9.90 Å². The van der Waals surface area contributed by atoms with Crippen LogP contribution < -0.4 is 0 Å². The molecule has 0 aliphatic carbocycles. The lowest BCUT2D eigenvalue weighted by Crippen LogP contribution is -1.90. The van der Waals surface area contributed by atoms with E-state index < -0.39 is 0 Å². The van der Waals surface area contributed by atoms with Crippen molar-refractivity contribution in [2.75, 3.05) is 0 Å².